The van der Waals surface area contributed by atoms with Crippen molar-refractivity contribution in [2.75, 3.05) is 24.4 Å². The van der Waals surface area contributed by atoms with Crippen molar-refractivity contribution < 1.29 is 8.42 Å². The highest BCUT2D eigenvalue weighted by Gasteiger charge is 2.12. The van der Waals surface area contributed by atoms with Gasteiger partial charge in [0.2, 0.25) is 0 Å². The van der Waals surface area contributed by atoms with Gasteiger partial charge in [-0.1, -0.05) is 19.1 Å². The summed E-state index contributed by atoms with van der Waals surface area (Å²) in [6.45, 7) is 2.86. The second-order valence-corrected chi connectivity index (χ2v) is 6.96. The van der Waals surface area contributed by atoms with Gasteiger partial charge in [-0.3, -0.25) is 0 Å². The second kappa shape index (κ2) is 5.59. The van der Waals surface area contributed by atoms with Gasteiger partial charge in [0, 0.05) is 18.1 Å². The summed E-state index contributed by atoms with van der Waals surface area (Å²) in [5.41, 5.74) is 0.686. The third-order valence-electron chi connectivity index (χ3n) is 2.27. The molecule has 0 aromatic heterocycles. The van der Waals surface area contributed by atoms with Crippen LogP contribution >= 0.6 is 11.8 Å². The molecule has 5 heteroatoms. The van der Waals surface area contributed by atoms with Crippen LogP contribution in [0, 0.1) is 0 Å². The number of para-hydroxylation sites is 1. The van der Waals surface area contributed by atoms with Crippen molar-refractivity contribution in [3.8, 4) is 0 Å². The van der Waals surface area contributed by atoms with Gasteiger partial charge in [-0.15, -0.1) is 0 Å². The molecule has 0 amide bonds. The van der Waals surface area contributed by atoms with Crippen LogP contribution in [0.15, 0.2) is 29.2 Å². The lowest BCUT2D eigenvalue weighted by atomic mass is 10.3. The summed E-state index contributed by atoms with van der Waals surface area (Å²) >= 11 is 1.75. The molecule has 0 aliphatic rings. The molecular weight excluding hydrogens is 242 g/mol. The molecule has 0 aliphatic heterocycles. The molecule has 1 N–H and O–H groups in total. The van der Waals surface area contributed by atoms with E-state index in [0.717, 1.165) is 6.54 Å². The first kappa shape index (κ1) is 13.4. The number of rotatable bonds is 5. The normalized spacial score (nSPS) is 13.4. The van der Waals surface area contributed by atoms with Crippen LogP contribution in [-0.4, -0.2) is 32.7 Å². The zero-order valence-electron chi connectivity index (χ0n) is 9.73. The van der Waals surface area contributed by atoms with Gasteiger partial charge in [0.25, 0.3) is 0 Å². The van der Waals surface area contributed by atoms with Crippen molar-refractivity contribution in [2.24, 2.45) is 0 Å². The average molecular weight is 259 g/mol. The van der Waals surface area contributed by atoms with E-state index in [0.29, 0.717) is 15.8 Å². The van der Waals surface area contributed by atoms with E-state index in [4.69, 9.17) is 0 Å². The molecule has 1 rings (SSSR count). The summed E-state index contributed by atoms with van der Waals surface area (Å²) < 4.78 is 23.0. The lowest BCUT2D eigenvalue weighted by Gasteiger charge is -2.13. The Balaban J connectivity index is 2.88. The van der Waals surface area contributed by atoms with Gasteiger partial charge >= 0.3 is 0 Å². The largest absolute Gasteiger partial charge is 0.383 e. The average Bonchev–Trinajstić information content (AvgIpc) is 2.25. The molecule has 0 fully saturated rings. The van der Waals surface area contributed by atoms with Crippen molar-refractivity contribution in [3.63, 3.8) is 0 Å². The molecule has 16 heavy (non-hydrogen) atoms. The number of nitrogens with one attached hydrogen (secondary N) is 1. The molecule has 1 unspecified atom stereocenters. The first-order valence-corrected chi connectivity index (χ1v) is 8.19. The molecule has 1 aromatic carbocycles. The molecule has 0 spiro atoms. The Hall–Kier alpha value is -0.680. The van der Waals surface area contributed by atoms with Crippen molar-refractivity contribution >= 4 is 27.3 Å². The van der Waals surface area contributed by atoms with E-state index in [1.807, 2.05) is 12.3 Å². The van der Waals surface area contributed by atoms with E-state index in [1.54, 1.807) is 30.0 Å². The van der Waals surface area contributed by atoms with Gasteiger partial charge in [-0.2, -0.15) is 11.8 Å². The fraction of sp³-hybridized carbons (Fsp3) is 0.455. The number of hydrogen-bond acceptors (Lipinski definition) is 4. The summed E-state index contributed by atoms with van der Waals surface area (Å²) in [5, 5.41) is 3.62. The molecule has 0 saturated heterocycles. The quantitative estimate of drug-likeness (QED) is 0.881. The summed E-state index contributed by atoms with van der Waals surface area (Å²) in [7, 11) is -3.16. The maximum absolute atomic E-state index is 11.5. The molecular formula is C11H17NO2S2. The molecule has 1 atom stereocenters. The molecule has 90 valence electrons. The maximum Gasteiger partial charge on any atom is 0.177 e. The number of anilines is 1. The van der Waals surface area contributed by atoms with Crippen molar-refractivity contribution in [1.82, 2.24) is 0 Å². The molecule has 0 aliphatic carbocycles. The van der Waals surface area contributed by atoms with E-state index in [2.05, 4.69) is 12.2 Å². The predicted octanol–water partition coefficient (Wildman–Crippen LogP) is 2.25. The van der Waals surface area contributed by atoms with E-state index in [9.17, 15) is 8.42 Å². The van der Waals surface area contributed by atoms with Gasteiger partial charge in [0.1, 0.15) is 0 Å². The van der Waals surface area contributed by atoms with Crippen LogP contribution in [0.1, 0.15) is 6.92 Å². The molecule has 0 radical (unpaired) electrons. The van der Waals surface area contributed by atoms with Gasteiger partial charge in [0.05, 0.1) is 10.6 Å². The molecule has 3 nitrogen and oxygen atoms in total. The summed E-state index contributed by atoms with van der Waals surface area (Å²) in [6, 6.07) is 6.99. The van der Waals surface area contributed by atoms with Crippen LogP contribution < -0.4 is 5.32 Å². The first-order chi connectivity index (χ1) is 7.45. The van der Waals surface area contributed by atoms with Crippen LogP contribution in [0.2, 0.25) is 0 Å². The number of hydrogen-bond donors (Lipinski definition) is 1. The number of benzene rings is 1. The third-order valence-corrected chi connectivity index (χ3v) is 4.40. The Morgan fingerprint density at radius 1 is 1.38 bits per heavy atom. The Kier molecular flexibility index (Phi) is 4.68. The summed E-state index contributed by atoms with van der Waals surface area (Å²) in [5.74, 6) is 0. The van der Waals surface area contributed by atoms with Crippen LogP contribution in [0.25, 0.3) is 0 Å². The van der Waals surface area contributed by atoms with E-state index >= 15 is 0 Å². The highest BCUT2D eigenvalue weighted by Crippen LogP contribution is 2.21. The summed E-state index contributed by atoms with van der Waals surface area (Å²) in [4.78, 5) is 0.364. The third kappa shape index (κ3) is 3.72. The molecule has 0 saturated carbocycles. The zero-order chi connectivity index (χ0) is 12.2. The minimum atomic E-state index is -3.16. The Morgan fingerprint density at radius 3 is 2.56 bits per heavy atom. The Bertz CT molecular complexity index is 443. The van der Waals surface area contributed by atoms with Crippen LogP contribution in [0.4, 0.5) is 5.69 Å². The van der Waals surface area contributed by atoms with Crippen LogP contribution in [0.3, 0.4) is 0 Å². The fourth-order valence-corrected chi connectivity index (χ4v) is 2.39. The van der Waals surface area contributed by atoms with E-state index in [1.165, 1.54) is 6.26 Å². The van der Waals surface area contributed by atoms with Gasteiger partial charge < -0.3 is 5.32 Å². The predicted molar refractivity (Wildman–Crippen MR) is 71.0 cm³/mol. The maximum atomic E-state index is 11.5. The Morgan fingerprint density at radius 2 is 2.00 bits per heavy atom. The number of sulfone groups is 1. The topological polar surface area (TPSA) is 46.2 Å². The number of thioether (sulfide) groups is 1. The monoisotopic (exact) mass is 259 g/mol. The molecule has 0 bridgehead atoms. The fourth-order valence-electron chi connectivity index (χ4n) is 1.27. The van der Waals surface area contributed by atoms with Crippen LogP contribution in [0.5, 0.6) is 0 Å². The first-order valence-electron chi connectivity index (χ1n) is 5.01. The van der Waals surface area contributed by atoms with Gasteiger partial charge in [-0.25, -0.2) is 8.42 Å². The van der Waals surface area contributed by atoms with E-state index in [-0.39, 0.29) is 0 Å². The Labute approximate surface area is 102 Å². The van der Waals surface area contributed by atoms with Gasteiger partial charge in [0.15, 0.2) is 9.84 Å². The van der Waals surface area contributed by atoms with E-state index < -0.39 is 9.84 Å². The minimum absolute atomic E-state index is 0.364. The second-order valence-electron chi connectivity index (χ2n) is 3.70. The summed E-state index contributed by atoms with van der Waals surface area (Å²) in [6.07, 6.45) is 3.26. The minimum Gasteiger partial charge on any atom is -0.383 e. The van der Waals surface area contributed by atoms with Gasteiger partial charge in [-0.05, 0) is 18.4 Å². The molecule has 1 aromatic rings. The SMILES string of the molecule is CSC(C)CNc1ccccc1S(C)(=O)=O. The van der Waals surface area contributed by atoms with Crippen molar-refractivity contribution in [3.05, 3.63) is 24.3 Å². The zero-order valence-corrected chi connectivity index (χ0v) is 11.4. The van der Waals surface area contributed by atoms with Crippen molar-refractivity contribution in [2.45, 2.75) is 17.1 Å². The highest BCUT2D eigenvalue weighted by atomic mass is 32.2. The smallest absolute Gasteiger partial charge is 0.177 e. The van der Waals surface area contributed by atoms with Crippen LogP contribution in [-0.2, 0) is 9.84 Å². The lowest BCUT2D eigenvalue weighted by Crippen LogP contribution is -2.14. The standard InChI is InChI=1S/C11H17NO2S2/c1-9(15-2)8-12-10-6-4-5-7-11(10)16(3,13)14/h4-7,9,12H,8H2,1-3H3. The lowest BCUT2D eigenvalue weighted by molar-refractivity contribution is 0.602. The van der Waals surface area contributed by atoms with Crippen molar-refractivity contribution in [1.29, 1.82) is 0 Å². The molecule has 0 heterocycles. The highest BCUT2D eigenvalue weighted by molar-refractivity contribution is 7.99.